The Hall–Kier alpha value is -1.32. The number of nitrogens with two attached hydrogens (primary N) is 1. The summed E-state index contributed by atoms with van der Waals surface area (Å²) < 4.78 is 2.41. The van der Waals surface area contributed by atoms with Gasteiger partial charge in [-0.2, -0.15) is 0 Å². The summed E-state index contributed by atoms with van der Waals surface area (Å²) in [5.41, 5.74) is 9.67. The highest BCUT2D eigenvalue weighted by Gasteiger charge is 2.15. The molecule has 1 aromatic carbocycles. The molecule has 0 unspecified atom stereocenters. The number of fused-ring (bicyclic) bond motifs is 1. The summed E-state index contributed by atoms with van der Waals surface area (Å²) in [6.45, 7) is 4.83. The third-order valence-electron chi connectivity index (χ3n) is 4.53. The molecule has 0 atom stereocenters. The predicted molar refractivity (Wildman–Crippen MR) is 84.6 cm³/mol. The molecule has 1 aliphatic rings. The van der Waals surface area contributed by atoms with Crippen molar-refractivity contribution in [2.45, 2.75) is 58.3 Å². The molecule has 0 amide bonds. The van der Waals surface area contributed by atoms with Crippen LogP contribution < -0.4 is 11.1 Å². The number of hydrogen-bond donors (Lipinski definition) is 2. The molecule has 108 valence electrons. The normalized spacial score (nSPS) is 16.3. The van der Waals surface area contributed by atoms with Gasteiger partial charge in [0.2, 0.25) is 0 Å². The summed E-state index contributed by atoms with van der Waals surface area (Å²) >= 11 is 0. The summed E-state index contributed by atoms with van der Waals surface area (Å²) in [6.07, 6.45) is 5.44. The van der Waals surface area contributed by atoms with Crippen molar-refractivity contribution in [2.75, 3.05) is 0 Å². The van der Waals surface area contributed by atoms with Gasteiger partial charge >= 0.3 is 0 Å². The van der Waals surface area contributed by atoms with Gasteiger partial charge in [0, 0.05) is 42.3 Å². The van der Waals surface area contributed by atoms with Crippen LogP contribution in [-0.4, -0.2) is 10.6 Å². The average molecular weight is 271 g/mol. The lowest BCUT2D eigenvalue weighted by Crippen LogP contribution is -2.26. The Balaban J connectivity index is 1.84. The number of aromatic nitrogens is 1. The van der Waals surface area contributed by atoms with Crippen LogP contribution in [0.2, 0.25) is 0 Å². The Morgan fingerprint density at radius 2 is 2.05 bits per heavy atom. The van der Waals surface area contributed by atoms with Gasteiger partial charge in [-0.05, 0) is 43.5 Å². The van der Waals surface area contributed by atoms with Crippen molar-refractivity contribution in [3.63, 3.8) is 0 Å². The van der Waals surface area contributed by atoms with Gasteiger partial charge in [0.1, 0.15) is 0 Å². The number of benzene rings is 1. The van der Waals surface area contributed by atoms with E-state index in [0.717, 1.165) is 19.1 Å². The Morgan fingerprint density at radius 3 is 2.75 bits per heavy atom. The van der Waals surface area contributed by atoms with Gasteiger partial charge in [-0.1, -0.05) is 18.9 Å². The minimum Gasteiger partial charge on any atom is -0.344 e. The molecule has 3 N–H and O–H groups in total. The third-order valence-corrected chi connectivity index (χ3v) is 4.53. The molecule has 0 bridgehead atoms. The quantitative estimate of drug-likeness (QED) is 0.877. The number of nitrogens with one attached hydrogen (secondary N) is 1. The molecule has 1 aliphatic carbocycles. The maximum absolute atomic E-state index is 5.74. The Bertz CT molecular complexity index is 579. The number of nitrogens with zero attached hydrogens (tertiary/aromatic N) is 1. The Labute approximate surface area is 121 Å². The van der Waals surface area contributed by atoms with Gasteiger partial charge in [0.05, 0.1) is 0 Å². The van der Waals surface area contributed by atoms with Crippen molar-refractivity contribution in [1.82, 2.24) is 9.88 Å². The average Bonchev–Trinajstić information content (AvgIpc) is 3.10. The standard InChI is InChI=1S/C17H25N3/c1-2-20-16(12-19-15-5-3-4-6-15)10-14-9-13(11-18)7-8-17(14)20/h7-10,15,19H,2-6,11-12,18H2,1H3. The minimum absolute atomic E-state index is 0.614. The highest BCUT2D eigenvalue weighted by Crippen LogP contribution is 2.23. The minimum atomic E-state index is 0.614. The highest BCUT2D eigenvalue weighted by molar-refractivity contribution is 5.82. The molecule has 20 heavy (non-hydrogen) atoms. The summed E-state index contributed by atoms with van der Waals surface area (Å²) in [6, 6.07) is 9.61. The molecular weight excluding hydrogens is 246 g/mol. The molecule has 0 aliphatic heterocycles. The van der Waals surface area contributed by atoms with Crippen LogP contribution in [0, 0.1) is 0 Å². The summed E-state index contributed by atoms with van der Waals surface area (Å²) in [7, 11) is 0. The first-order chi connectivity index (χ1) is 9.81. The fourth-order valence-corrected chi connectivity index (χ4v) is 3.40. The SMILES string of the molecule is CCn1c(CNC2CCCC2)cc2cc(CN)ccc21. The zero-order chi connectivity index (χ0) is 13.9. The van der Waals surface area contributed by atoms with Gasteiger partial charge in [0.25, 0.3) is 0 Å². The Kier molecular flexibility index (Phi) is 4.08. The lowest BCUT2D eigenvalue weighted by atomic mass is 10.1. The Morgan fingerprint density at radius 1 is 1.25 bits per heavy atom. The largest absolute Gasteiger partial charge is 0.344 e. The van der Waals surface area contributed by atoms with Gasteiger partial charge in [-0.15, -0.1) is 0 Å². The monoisotopic (exact) mass is 271 g/mol. The van der Waals surface area contributed by atoms with E-state index in [4.69, 9.17) is 5.73 Å². The number of hydrogen-bond acceptors (Lipinski definition) is 2. The van der Waals surface area contributed by atoms with Crippen LogP contribution >= 0.6 is 0 Å². The zero-order valence-corrected chi connectivity index (χ0v) is 12.4. The van der Waals surface area contributed by atoms with E-state index in [2.05, 4.69) is 41.1 Å². The number of aryl methyl sites for hydroxylation is 1. The molecule has 0 spiro atoms. The van der Waals surface area contributed by atoms with Crippen molar-refractivity contribution >= 4 is 10.9 Å². The second kappa shape index (κ2) is 5.98. The van der Waals surface area contributed by atoms with Crippen LogP contribution in [0.25, 0.3) is 10.9 Å². The second-order valence-electron chi connectivity index (χ2n) is 5.84. The van der Waals surface area contributed by atoms with E-state index in [1.54, 1.807) is 0 Å². The van der Waals surface area contributed by atoms with Gasteiger partial charge in [-0.25, -0.2) is 0 Å². The van der Waals surface area contributed by atoms with Crippen LogP contribution in [0.1, 0.15) is 43.9 Å². The third kappa shape index (κ3) is 2.60. The molecular formula is C17H25N3. The van der Waals surface area contributed by atoms with Crippen LogP contribution in [0.5, 0.6) is 0 Å². The molecule has 1 aromatic heterocycles. The van der Waals surface area contributed by atoms with E-state index in [1.807, 2.05) is 0 Å². The van der Waals surface area contributed by atoms with Crippen molar-refractivity contribution in [1.29, 1.82) is 0 Å². The summed E-state index contributed by atoms with van der Waals surface area (Å²) in [4.78, 5) is 0. The lowest BCUT2D eigenvalue weighted by molar-refractivity contribution is 0.510. The van der Waals surface area contributed by atoms with Gasteiger partial charge < -0.3 is 15.6 Å². The van der Waals surface area contributed by atoms with Crippen LogP contribution in [0.4, 0.5) is 0 Å². The van der Waals surface area contributed by atoms with Crippen molar-refractivity contribution < 1.29 is 0 Å². The first-order valence-electron chi connectivity index (χ1n) is 7.86. The molecule has 1 heterocycles. The van der Waals surface area contributed by atoms with Crippen LogP contribution in [0.3, 0.4) is 0 Å². The first kappa shape index (κ1) is 13.7. The number of rotatable bonds is 5. The topological polar surface area (TPSA) is 43.0 Å². The molecule has 2 aromatic rings. The maximum Gasteiger partial charge on any atom is 0.0483 e. The molecule has 3 rings (SSSR count). The van der Waals surface area contributed by atoms with E-state index in [0.29, 0.717) is 6.54 Å². The molecule has 1 fully saturated rings. The molecule has 0 saturated heterocycles. The van der Waals surface area contributed by atoms with E-state index in [1.165, 1.54) is 47.8 Å². The maximum atomic E-state index is 5.74. The lowest BCUT2D eigenvalue weighted by Gasteiger charge is -2.13. The molecule has 3 heteroatoms. The van der Waals surface area contributed by atoms with Crippen molar-refractivity contribution in [2.24, 2.45) is 5.73 Å². The smallest absolute Gasteiger partial charge is 0.0483 e. The first-order valence-corrected chi connectivity index (χ1v) is 7.86. The van der Waals surface area contributed by atoms with Crippen LogP contribution in [0.15, 0.2) is 24.3 Å². The predicted octanol–water partition coefficient (Wildman–Crippen LogP) is 3.15. The summed E-state index contributed by atoms with van der Waals surface area (Å²) in [5.74, 6) is 0. The van der Waals surface area contributed by atoms with E-state index >= 15 is 0 Å². The van der Waals surface area contributed by atoms with Gasteiger partial charge in [0.15, 0.2) is 0 Å². The van der Waals surface area contributed by atoms with E-state index < -0.39 is 0 Å². The fourth-order valence-electron chi connectivity index (χ4n) is 3.40. The van der Waals surface area contributed by atoms with E-state index in [9.17, 15) is 0 Å². The fraction of sp³-hybridized carbons (Fsp3) is 0.529. The molecule has 1 saturated carbocycles. The van der Waals surface area contributed by atoms with Crippen molar-refractivity contribution in [3.8, 4) is 0 Å². The molecule has 3 nitrogen and oxygen atoms in total. The zero-order valence-electron chi connectivity index (χ0n) is 12.4. The van der Waals surface area contributed by atoms with Crippen molar-refractivity contribution in [3.05, 3.63) is 35.5 Å². The summed E-state index contributed by atoms with van der Waals surface area (Å²) in [5, 5.41) is 5.03. The van der Waals surface area contributed by atoms with Crippen LogP contribution in [-0.2, 0) is 19.6 Å². The highest BCUT2D eigenvalue weighted by atomic mass is 15.0. The van der Waals surface area contributed by atoms with E-state index in [-0.39, 0.29) is 0 Å². The van der Waals surface area contributed by atoms with Gasteiger partial charge in [-0.3, -0.25) is 0 Å². The molecule has 0 radical (unpaired) electrons. The second-order valence-corrected chi connectivity index (χ2v) is 5.84.